The minimum Gasteiger partial charge on any atom is -0.394 e. The van der Waals surface area contributed by atoms with Crippen molar-refractivity contribution in [3.8, 4) is 0 Å². The SMILES string of the molecule is CCCCC(CCC)COC1O[C@H](CO)[C@@H](O)[C@H](O)[C@H]1O. The van der Waals surface area contributed by atoms with E-state index in [9.17, 15) is 15.3 Å². The summed E-state index contributed by atoms with van der Waals surface area (Å²) in [6.07, 6.45) is -0.529. The van der Waals surface area contributed by atoms with Gasteiger partial charge in [-0.25, -0.2) is 0 Å². The molecule has 0 bridgehead atoms. The molecule has 4 N–H and O–H groups in total. The van der Waals surface area contributed by atoms with Crippen molar-refractivity contribution in [2.45, 2.75) is 76.7 Å². The molecule has 1 fully saturated rings. The fraction of sp³-hybridized carbons (Fsp3) is 1.00. The molecule has 6 heteroatoms. The number of hydrogen-bond acceptors (Lipinski definition) is 6. The number of unbranched alkanes of at least 4 members (excludes halogenated alkanes) is 1. The summed E-state index contributed by atoms with van der Waals surface area (Å²) in [5.74, 6) is 0.391. The van der Waals surface area contributed by atoms with Crippen LogP contribution in [-0.2, 0) is 9.47 Å². The summed E-state index contributed by atoms with van der Waals surface area (Å²) in [5.41, 5.74) is 0. The van der Waals surface area contributed by atoms with Crippen LogP contribution < -0.4 is 0 Å². The van der Waals surface area contributed by atoms with Crippen LogP contribution in [0.2, 0.25) is 0 Å². The normalized spacial score (nSPS) is 34.9. The Morgan fingerprint density at radius 3 is 2.29 bits per heavy atom. The van der Waals surface area contributed by atoms with E-state index in [4.69, 9.17) is 14.6 Å². The Bertz CT molecular complexity index is 273. The van der Waals surface area contributed by atoms with Gasteiger partial charge in [0, 0.05) is 0 Å². The van der Waals surface area contributed by atoms with Crippen molar-refractivity contribution >= 4 is 0 Å². The quantitative estimate of drug-likeness (QED) is 0.492. The Morgan fingerprint density at radius 1 is 1.00 bits per heavy atom. The molecule has 6 atom stereocenters. The lowest BCUT2D eigenvalue weighted by atomic mass is 9.97. The number of aliphatic hydroxyl groups excluding tert-OH is 4. The first kappa shape index (κ1) is 18.8. The van der Waals surface area contributed by atoms with Gasteiger partial charge in [0.1, 0.15) is 24.4 Å². The standard InChI is InChI=1S/C15H30O6/c1-3-5-7-10(6-4-2)9-20-15-14(19)13(18)12(17)11(8-16)21-15/h10-19H,3-9H2,1-2H3/t10?,11-,12-,13+,14-,15?/m1/s1. The zero-order chi connectivity index (χ0) is 15.8. The van der Waals surface area contributed by atoms with E-state index in [0.717, 1.165) is 32.1 Å². The molecule has 126 valence electrons. The second-order valence-electron chi connectivity index (χ2n) is 5.83. The molecule has 21 heavy (non-hydrogen) atoms. The molecule has 0 spiro atoms. The van der Waals surface area contributed by atoms with Crippen molar-refractivity contribution in [1.82, 2.24) is 0 Å². The lowest BCUT2D eigenvalue weighted by Gasteiger charge is -2.40. The van der Waals surface area contributed by atoms with Gasteiger partial charge >= 0.3 is 0 Å². The highest BCUT2D eigenvalue weighted by molar-refractivity contribution is 4.88. The molecule has 1 heterocycles. The van der Waals surface area contributed by atoms with Crippen LogP contribution in [-0.4, -0.2) is 64.3 Å². The van der Waals surface area contributed by atoms with Gasteiger partial charge < -0.3 is 29.9 Å². The second-order valence-corrected chi connectivity index (χ2v) is 5.83. The minimum absolute atomic E-state index is 0.391. The van der Waals surface area contributed by atoms with Crippen molar-refractivity contribution in [1.29, 1.82) is 0 Å². The van der Waals surface area contributed by atoms with Gasteiger partial charge in [-0.2, -0.15) is 0 Å². The Kier molecular flexibility index (Phi) is 8.70. The lowest BCUT2D eigenvalue weighted by Crippen LogP contribution is -2.59. The largest absolute Gasteiger partial charge is 0.394 e. The average Bonchev–Trinajstić information content (AvgIpc) is 2.49. The van der Waals surface area contributed by atoms with E-state index < -0.39 is 37.3 Å². The van der Waals surface area contributed by atoms with E-state index in [0.29, 0.717) is 12.5 Å². The smallest absolute Gasteiger partial charge is 0.186 e. The first-order valence-electron chi connectivity index (χ1n) is 7.97. The zero-order valence-electron chi connectivity index (χ0n) is 13.0. The molecule has 1 rings (SSSR count). The summed E-state index contributed by atoms with van der Waals surface area (Å²) in [5, 5.41) is 38.4. The molecule has 1 aliphatic rings. The van der Waals surface area contributed by atoms with E-state index in [2.05, 4.69) is 13.8 Å². The Hall–Kier alpha value is -0.240. The number of rotatable bonds is 9. The van der Waals surface area contributed by atoms with Gasteiger partial charge in [-0.1, -0.05) is 33.1 Å². The molecule has 2 unspecified atom stereocenters. The zero-order valence-corrected chi connectivity index (χ0v) is 13.0. The van der Waals surface area contributed by atoms with Gasteiger partial charge in [-0.3, -0.25) is 0 Å². The van der Waals surface area contributed by atoms with Crippen molar-refractivity contribution in [2.24, 2.45) is 5.92 Å². The van der Waals surface area contributed by atoms with E-state index in [1.165, 1.54) is 0 Å². The number of ether oxygens (including phenoxy) is 2. The van der Waals surface area contributed by atoms with Crippen molar-refractivity contribution in [2.75, 3.05) is 13.2 Å². The summed E-state index contributed by atoms with van der Waals surface area (Å²) >= 11 is 0. The van der Waals surface area contributed by atoms with Crippen LogP contribution in [0.25, 0.3) is 0 Å². The molecule has 0 aromatic rings. The summed E-state index contributed by atoms with van der Waals surface area (Å²) in [6, 6.07) is 0. The maximum atomic E-state index is 9.90. The summed E-state index contributed by atoms with van der Waals surface area (Å²) < 4.78 is 10.9. The molecular weight excluding hydrogens is 276 g/mol. The Balaban J connectivity index is 2.50. The number of aliphatic hydroxyl groups is 4. The lowest BCUT2D eigenvalue weighted by molar-refractivity contribution is -0.303. The monoisotopic (exact) mass is 306 g/mol. The van der Waals surface area contributed by atoms with Gasteiger partial charge in [0.15, 0.2) is 6.29 Å². The van der Waals surface area contributed by atoms with E-state index >= 15 is 0 Å². The minimum atomic E-state index is -1.37. The molecule has 1 aliphatic heterocycles. The van der Waals surface area contributed by atoms with Gasteiger partial charge in [0.05, 0.1) is 13.2 Å². The first-order chi connectivity index (χ1) is 10.0. The molecule has 0 amide bonds. The summed E-state index contributed by atoms with van der Waals surface area (Å²) in [4.78, 5) is 0. The fourth-order valence-corrected chi connectivity index (χ4v) is 2.65. The van der Waals surface area contributed by atoms with E-state index in [1.54, 1.807) is 0 Å². The highest BCUT2D eigenvalue weighted by Crippen LogP contribution is 2.24. The predicted molar refractivity (Wildman–Crippen MR) is 77.6 cm³/mol. The molecule has 1 saturated heterocycles. The molecule has 0 radical (unpaired) electrons. The molecule has 0 aromatic heterocycles. The maximum Gasteiger partial charge on any atom is 0.186 e. The van der Waals surface area contributed by atoms with Crippen molar-refractivity contribution in [3.63, 3.8) is 0 Å². The third kappa shape index (κ3) is 5.47. The van der Waals surface area contributed by atoms with Gasteiger partial charge in [-0.05, 0) is 18.8 Å². The average molecular weight is 306 g/mol. The molecule has 0 aromatic carbocycles. The topological polar surface area (TPSA) is 99.4 Å². The molecule has 6 nitrogen and oxygen atoms in total. The summed E-state index contributed by atoms with van der Waals surface area (Å²) in [6.45, 7) is 4.27. The van der Waals surface area contributed by atoms with Crippen molar-refractivity contribution < 1.29 is 29.9 Å². The second kappa shape index (κ2) is 9.71. The van der Waals surface area contributed by atoms with Crippen LogP contribution in [0.5, 0.6) is 0 Å². The summed E-state index contributed by atoms with van der Waals surface area (Å²) in [7, 11) is 0. The van der Waals surface area contributed by atoms with E-state index in [-0.39, 0.29) is 0 Å². The van der Waals surface area contributed by atoms with Gasteiger partial charge in [-0.15, -0.1) is 0 Å². The maximum absolute atomic E-state index is 9.90. The van der Waals surface area contributed by atoms with Crippen LogP contribution in [0.15, 0.2) is 0 Å². The van der Waals surface area contributed by atoms with E-state index in [1.807, 2.05) is 0 Å². The predicted octanol–water partition coefficient (Wildman–Crippen LogP) is 0.409. The fourth-order valence-electron chi connectivity index (χ4n) is 2.65. The van der Waals surface area contributed by atoms with Crippen LogP contribution in [0.3, 0.4) is 0 Å². The Morgan fingerprint density at radius 2 is 1.71 bits per heavy atom. The third-order valence-electron chi connectivity index (χ3n) is 4.01. The highest BCUT2D eigenvalue weighted by Gasteiger charge is 2.44. The Labute approximate surface area is 126 Å². The van der Waals surface area contributed by atoms with Crippen LogP contribution in [0, 0.1) is 5.92 Å². The van der Waals surface area contributed by atoms with Gasteiger partial charge in [0.25, 0.3) is 0 Å². The first-order valence-corrected chi connectivity index (χ1v) is 7.97. The highest BCUT2D eigenvalue weighted by atomic mass is 16.7. The van der Waals surface area contributed by atoms with Crippen LogP contribution in [0.4, 0.5) is 0 Å². The van der Waals surface area contributed by atoms with Crippen LogP contribution in [0.1, 0.15) is 46.0 Å². The number of hydrogen-bond donors (Lipinski definition) is 4. The molecular formula is C15H30O6. The third-order valence-corrected chi connectivity index (χ3v) is 4.01. The van der Waals surface area contributed by atoms with Crippen molar-refractivity contribution in [3.05, 3.63) is 0 Å². The van der Waals surface area contributed by atoms with Crippen LogP contribution >= 0.6 is 0 Å². The van der Waals surface area contributed by atoms with Gasteiger partial charge in [0.2, 0.25) is 0 Å². The molecule has 0 saturated carbocycles. The molecule has 0 aliphatic carbocycles.